The fourth-order valence-corrected chi connectivity index (χ4v) is 4.69. The van der Waals surface area contributed by atoms with E-state index >= 15 is 0 Å². The third kappa shape index (κ3) is 3.93. The molecule has 1 amide bonds. The Morgan fingerprint density at radius 3 is 2.19 bits per heavy atom. The molecule has 0 aromatic heterocycles. The summed E-state index contributed by atoms with van der Waals surface area (Å²) in [5.41, 5.74) is -1.02. The van der Waals surface area contributed by atoms with E-state index < -0.39 is 11.5 Å². The zero-order chi connectivity index (χ0) is 15.5. The number of carbonyl (C=O) groups is 2. The fourth-order valence-electron chi connectivity index (χ4n) is 3.50. The number of nitrogens with one attached hydrogen (secondary N) is 1. The van der Waals surface area contributed by atoms with Crippen LogP contribution in [0.5, 0.6) is 0 Å². The molecule has 2 fully saturated rings. The Morgan fingerprint density at radius 1 is 1.14 bits per heavy atom. The predicted octanol–water partition coefficient (Wildman–Crippen LogP) is 2.92. The molecule has 0 spiro atoms. The van der Waals surface area contributed by atoms with Crippen LogP contribution in [0.4, 0.5) is 0 Å². The van der Waals surface area contributed by atoms with Crippen LogP contribution in [-0.4, -0.2) is 34.0 Å². The number of thioether (sulfide) groups is 1. The van der Waals surface area contributed by atoms with Gasteiger partial charge < -0.3 is 10.4 Å². The SMILES string of the molecule is CC(C)C1CCC(C(=O)NC2(C(=O)O)CCSCC2)CC1. The molecule has 120 valence electrons. The van der Waals surface area contributed by atoms with E-state index in [1.165, 1.54) is 0 Å². The lowest BCUT2D eigenvalue weighted by atomic mass is 9.76. The van der Waals surface area contributed by atoms with Crippen molar-refractivity contribution in [2.45, 2.75) is 57.9 Å². The van der Waals surface area contributed by atoms with Crippen LogP contribution < -0.4 is 5.32 Å². The van der Waals surface area contributed by atoms with Crippen molar-refractivity contribution in [3.05, 3.63) is 0 Å². The van der Waals surface area contributed by atoms with Gasteiger partial charge in [0.1, 0.15) is 5.54 Å². The Balaban J connectivity index is 1.93. The standard InChI is InChI=1S/C16H27NO3S/c1-11(2)12-3-5-13(6-4-12)14(18)17-16(15(19)20)7-9-21-10-8-16/h11-13H,3-10H2,1-2H3,(H,17,18)(H,19,20). The third-order valence-electron chi connectivity index (χ3n) is 5.20. The third-order valence-corrected chi connectivity index (χ3v) is 6.19. The molecule has 2 N–H and O–H groups in total. The molecule has 1 aliphatic carbocycles. The van der Waals surface area contributed by atoms with Crippen LogP contribution in [0.1, 0.15) is 52.4 Å². The van der Waals surface area contributed by atoms with Gasteiger partial charge in [-0.3, -0.25) is 4.79 Å². The minimum Gasteiger partial charge on any atom is -0.480 e. The van der Waals surface area contributed by atoms with Crippen molar-refractivity contribution in [2.75, 3.05) is 11.5 Å². The zero-order valence-corrected chi connectivity index (χ0v) is 13.9. The Morgan fingerprint density at radius 2 is 1.71 bits per heavy atom. The molecule has 2 rings (SSSR count). The first-order chi connectivity index (χ1) is 9.94. The molecular weight excluding hydrogens is 286 g/mol. The van der Waals surface area contributed by atoms with Crippen molar-refractivity contribution >= 4 is 23.6 Å². The largest absolute Gasteiger partial charge is 0.480 e. The van der Waals surface area contributed by atoms with E-state index in [-0.39, 0.29) is 11.8 Å². The average molecular weight is 313 g/mol. The van der Waals surface area contributed by atoms with Crippen molar-refractivity contribution in [3.8, 4) is 0 Å². The number of carboxylic acids is 1. The minimum atomic E-state index is -1.02. The van der Waals surface area contributed by atoms with Gasteiger partial charge in [-0.15, -0.1) is 0 Å². The zero-order valence-electron chi connectivity index (χ0n) is 13.1. The monoisotopic (exact) mass is 313 g/mol. The summed E-state index contributed by atoms with van der Waals surface area (Å²) in [5.74, 6) is 2.12. The molecule has 4 nitrogen and oxygen atoms in total. The number of amides is 1. The highest BCUT2D eigenvalue weighted by Gasteiger charge is 2.42. The summed E-state index contributed by atoms with van der Waals surface area (Å²) in [6, 6.07) is 0. The van der Waals surface area contributed by atoms with Gasteiger partial charge in [0, 0.05) is 5.92 Å². The number of rotatable bonds is 4. The second-order valence-electron chi connectivity index (χ2n) is 6.84. The highest BCUT2D eigenvalue weighted by molar-refractivity contribution is 7.99. The summed E-state index contributed by atoms with van der Waals surface area (Å²) in [6.45, 7) is 4.48. The molecule has 0 atom stereocenters. The lowest BCUT2D eigenvalue weighted by Gasteiger charge is -2.36. The lowest BCUT2D eigenvalue weighted by Crippen LogP contribution is -2.58. The number of carboxylic acid groups (broad SMARTS) is 1. The van der Waals surface area contributed by atoms with Crippen LogP contribution in [-0.2, 0) is 9.59 Å². The molecule has 0 bridgehead atoms. The van der Waals surface area contributed by atoms with Crippen molar-refractivity contribution in [1.82, 2.24) is 5.32 Å². The number of aliphatic carboxylic acids is 1. The first-order valence-electron chi connectivity index (χ1n) is 8.08. The topological polar surface area (TPSA) is 66.4 Å². The van der Waals surface area contributed by atoms with Crippen LogP contribution >= 0.6 is 11.8 Å². The maximum Gasteiger partial charge on any atom is 0.329 e. The van der Waals surface area contributed by atoms with Crippen LogP contribution in [0.25, 0.3) is 0 Å². The van der Waals surface area contributed by atoms with Crippen LogP contribution in [0, 0.1) is 17.8 Å². The summed E-state index contributed by atoms with van der Waals surface area (Å²) >= 11 is 1.77. The number of carbonyl (C=O) groups excluding carboxylic acids is 1. The van der Waals surface area contributed by atoms with E-state index in [9.17, 15) is 14.7 Å². The Bertz CT molecular complexity index is 383. The molecule has 0 aromatic rings. The van der Waals surface area contributed by atoms with E-state index in [1.54, 1.807) is 11.8 Å². The molecule has 1 saturated carbocycles. The highest BCUT2D eigenvalue weighted by Crippen LogP contribution is 2.34. The maximum atomic E-state index is 12.5. The fraction of sp³-hybridized carbons (Fsp3) is 0.875. The molecule has 2 aliphatic rings. The van der Waals surface area contributed by atoms with Crippen LogP contribution in [0.3, 0.4) is 0 Å². The molecule has 0 aromatic carbocycles. The van der Waals surface area contributed by atoms with E-state index in [0.29, 0.717) is 24.7 Å². The van der Waals surface area contributed by atoms with E-state index in [2.05, 4.69) is 19.2 Å². The molecule has 1 heterocycles. The van der Waals surface area contributed by atoms with Crippen molar-refractivity contribution in [2.24, 2.45) is 17.8 Å². The first-order valence-corrected chi connectivity index (χ1v) is 9.23. The smallest absolute Gasteiger partial charge is 0.329 e. The minimum absolute atomic E-state index is 0.00537. The van der Waals surface area contributed by atoms with Crippen molar-refractivity contribution in [1.29, 1.82) is 0 Å². The summed E-state index contributed by atoms with van der Waals surface area (Å²) < 4.78 is 0. The van der Waals surface area contributed by atoms with Gasteiger partial charge in [-0.05, 0) is 61.9 Å². The second kappa shape index (κ2) is 7.03. The quantitative estimate of drug-likeness (QED) is 0.837. The molecule has 0 unspecified atom stereocenters. The van der Waals surface area contributed by atoms with Gasteiger partial charge >= 0.3 is 5.97 Å². The van der Waals surface area contributed by atoms with Gasteiger partial charge in [-0.2, -0.15) is 11.8 Å². The van der Waals surface area contributed by atoms with Crippen LogP contribution in [0.15, 0.2) is 0 Å². The van der Waals surface area contributed by atoms with Crippen molar-refractivity contribution < 1.29 is 14.7 Å². The van der Waals surface area contributed by atoms with Gasteiger partial charge in [-0.25, -0.2) is 4.79 Å². The molecule has 1 aliphatic heterocycles. The van der Waals surface area contributed by atoms with Crippen molar-refractivity contribution in [3.63, 3.8) is 0 Å². The summed E-state index contributed by atoms with van der Waals surface area (Å²) in [4.78, 5) is 24.1. The second-order valence-corrected chi connectivity index (χ2v) is 8.07. The van der Waals surface area contributed by atoms with E-state index in [1.807, 2.05) is 0 Å². The van der Waals surface area contributed by atoms with Gasteiger partial charge in [0.15, 0.2) is 0 Å². The summed E-state index contributed by atoms with van der Waals surface area (Å²) in [6.07, 6.45) is 5.07. The van der Waals surface area contributed by atoms with Gasteiger partial charge in [0.2, 0.25) is 5.91 Å². The maximum absolute atomic E-state index is 12.5. The van der Waals surface area contributed by atoms with E-state index in [0.717, 1.165) is 37.2 Å². The molecule has 1 saturated heterocycles. The number of hydrogen-bond acceptors (Lipinski definition) is 3. The highest BCUT2D eigenvalue weighted by atomic mass is 32.2. The van der Waals surface area contributed by atoms with Gasteiger partial charge in [0.25, 0.3) is 0 Å². The number of hydrogen-bond donors (Lipinski definition) is 2. The van der Waals surface area contributed by atoms with Gasteiger partial charge in [0.05, 0.1) is 0 Å². The summed E-state index contributed by atoms with van der Waals surface area (Å²) in [5, 5.41) is 12.4. The lowest BCUT2D eigenvalue weighted by molar-refractivity contribution is -0.149. The predicted molar refractivity (Wildman–Crippen MR) is 85.4 cm³/mol. The molecule has 0 radical (unpaired) electrons. The Labute approximate surface area is 131 Å². The van der Waals surface area contributed by atoms with E-state index in [4.69, 9.17) is 0 Å². The average Bonchev–Trinajstić information content (AvgIpc) is 2.48. The van der Waals surface area contributed by atoms with Gasteiger partial charge in [-0.1, -0.05) is 13.8 Å². The summed E-state index contributed by atoms with van der Waals surface area (Å²) in [7, 11) is 0. The first kappa shape index (κ1) is 16.7. The van der Waals surface area contributed by atoms with Crippen LogP contribution in [0.2, 0.25) is 0 Å². The molecular formula is C16H27NO3S. The normalized spacial score (nSPS) is 29.1. The molecule has 5 heteroatoms. The Hall–Kier alpha value is -0.710. The Kier molecular flexibility index (Phi) is 5.58. The molecule has 21 heavy (non-hydrogen) atoms.